The zero-order valence-corrected chi connectivity index (χ0v) is 11.1. The highest BCUT2D eigenvalue weighted by atomic mass is 16.4. The number of aryl methyl sites for hydroxylation is 1. The Morgan fingerprint density at radius 3 is 2.78 bits per heavy atom. The van der Waals surface area contributed by atoms with Gasteiger partial charge in [0.1, 0.15) is 5.52 Å². The lowest BCUT2D eigenvalue weighted by molar-refractivity contribution is 0.209. The molecule has 0 amide bonds. The van der Waals surface area contributed by atoms with Gasteiger partial charge in [0.15, 0.2) is 5.58 Å². The molecule has 0 saturated heterocycles. The van der Waals surface area contributed by atoms with E-state index in [1.165, 1.54) is 5.56 Å². The van der Waals surface area contributed by atoms with Crippen molar-refractivity contribution >= 4 is 11.1 Å². The summed E-state index contributed by atoms with van der Waals surface area (Å²) in [5.41, 5.74) is 9.10. The fourth-order valence-electron chi connectivity index (χ4n) is 2.74. The number of hydrogen-bond acceptors (Lipinski definition) is 3. The molecule has 1 aliphatic carbocycles. The zero-order valence-electron chi connectivity index (χ0n) is 11.1. The van der Waals surface area contributed by atoms with Crippen LogP contribution < -0.4 is 5.73 Å². The monoisotopic (exact) mass is 244 g/mol. The maximum absolute atomic E-state index is 6.49. The molecule has 3 rings (SSSR count). The fourth-order valence-corrected chi connectivity index (χ4v) is 2.74. The Morgan fingerprint density at radius 2 is 2.06 bits per heavy atom. The minimum absolute atomic E-state index is 0.362. The summed E-state index contributed by atoms with van der Waals surface area (Å²) < 4.78 is 5.86. The zero-order chi connectivity index (χ0) is 12.8. The Balaban J connectivity index is 1.98. The van der Waals surface area contributed by atoms with E-state index >= 15 is 0 Å². The third kappa shape index (κ3) is 1.93. The summed E-state index contributed by atoms with van der Waals surface area (Å²) in [6, 6.07) is 6.08. The number of nitrogens with zero attached hydrogens (tertiary/aromatic N) is 1. The Labute approximate surface area is 107 Å². The molecule has 0 bridgehead atoms. The van der Waals surface area contributed by atoms with E-state index < -0.39 is 0 Å². The maximum Gasteiger partial charge on any atom is 0.215 e. The molecule has 3 nitrogen and oxygen atoms in total. The first kappa shape index (κ1) is 11.7. The number of fused-ring (bicyclic) bond motifs is 1. The third-order valence-electron chi connectivity index (χ3n) is 4.14. The van der Waals surface area contributed by atoms with Gasteiger partial charge in [-0.2, -0.15) is 0 Å². The lowest BCUT2D eigenvalue weighted by Gasteiger charge is -2.33. The number of hydrogen-bond donors (Lipinski definition) is 1. The average molecular weight is 244 g/mol. The summed E-state index contributed by atoms with van der Waals surface area (Å²) in [5.74, 6) is 1.49. The molecule has 0 atom stereocenters. The normalized spacial score (nSPS) is 28.7. The van der Waals surface area contributed by atoms with E-state index in [2.05, 4.69) is 24.9 Å². The minimum Gasteiger partial charge on any atom is -0.439 e. The summed E-state index contributed by atoms with van der Waals surface area (Å²) in [7, 11) is 0. The molecule has 3 heteroatoms. The molecule has 0 spiro atoms. The van der Waals surface area contributed by atoms with Crippen molar-refractivity contribution in [2.45, 2.75) is 45.1 Å². The van der Waals surface area contributed by atoms with Gasteiger partial charge in [0.05, 0.1) is 5.54 Å². The maximum atomic E-state index is 6.49. The van der Waals surface area contributed by atoms with E-state index in [0.717, 1.165) is 48.6 Å². The second kappa shape index (κ2) is 4.09. The van der Waals surface area contributed by atoms with Gasteiger partial charge in [0.25, 0.3) is 0 Å². The summed E-state index contributed by atoms with van der Waals surface area (Å²) in [6.07, 6.45) is 4.27. The number of benzene rings is 1. The van der Waals surface area contributed by atoms with Crippen LogP contribution in [0.4, 0.5) is 0 Å². The van der Waals surface area contributed by atoms with Crippen LogP contribution in [0, 0.1) is 12.8 Å². The number of rotatable bonds is 1. The molecule has 96 valence electrons. The molecule has 2 N–H and O–H groups in total. The molecule has 1 aromatic carbocycles. The van der Waals surface area contributed by atoms with Crippen molar-refractivity contribution in [2.24, 2.45) is 11.7 Å². The molecule has 2 aromatic rings. The van der Waals surface area contributed by atoms with Gasteiger partial charge in [-0.3, -0.25) is 0 Å². The SMILES string of the molecule is Cc1ccc2oc(C3(N)CCC(C)CC3)nc2c1. The van der Waals surface area contributed by atoms with Gasteiger partial charge in [0.2, 0.25) is 5.89 Å². The Kier molecular flexibility index (Phi) is 2.67. The van der Waals surface area contributed by atoms with Crippen LogP contribution in [0.2, 0.25) is 0 Å². The minimum atomic E-state index is -0.362. The van der Waals surface area contributed by atoms with Crippen molar-refractivity contribution in [2.75, 3.05) is 0 Å². The number of oxazole rings is 1. The number of nitrogens with two attached hydrogens (primary N) is 1. The van der Waals surface area contributed by atoms with Crippen molar-refractivity contribution in [1.29, 1.82) is 0 Å². The van der Waals surface area contributed by atoms with Gasteiger partial charge in [-0.1, -0.05) is 13.0 Å². The Morgan fingerprint density at radius 1 is 1.33 bits per heavy atom. The standard InChI is InChI=1S/C15H20N2O/c1-10-5-7-15(16,8-6-10)14-17-12-9-11(2)3-4-13(12)18-14/h3-4,9-10H,5-8,16H2,1-2H3. The molecule has 0 radical (unpaired) electrons. The first-order valence-corrected chi connectivity index (χ1v) is 6.73. The van der Waals surface area contributed by atoms with E-state index in [-0.39, 0.29) is 5.54 Å². The van der Waals surface area contributed by atoms with Crippen LogP contribution in [-0.4, -0.2) is 4.98 Å². The third-order valence-corrected chi connectivity index (χ3v) is 4.14. The molecular formula is C15H20N2O. The molecule has 1 aromatic heterocycles. The molecule has 1 aliphatic rings. The van der Waals surface area contributed by atoms with Crippen LogP contribution in [-0.2, 0) is 5.54 Å². The molecule has 0 unspecified atom stereocenters. The van der Waals surface area contributed by atoms with Gasteiger partial charge in [0, 0.05) is 0 Å². The predicted molar refractivity (Wildman–Crippen MR) is 72.2 cm³/mol. The summed E-state index contributed by atoms with van der Waals surface area (Å²) >= 11 is 0. The molecule has 18 heavy (non-hydrogen) atoms. The van der Waals surface area contributed by atoms with Gasteiger partial charge >= 0.3 is 0 Å². The van der Waals surface area contributed by atoms with Gasteiger partial charge in [-0.05, 0) is 56.2 Å². The van der Waals surface area contributed by atoms with Crippen molar-refractivity contribution in [3.05, 3.63) is 29.7 Å². The van der Waals surface area contributed by atoms with Gasteiger partial charge < -0.3 is 10.2 Å². The van der Waals surface area contributed by atoms with E-state index in [1.807, 2.05) is 12.1 Å². The number of aromatic nitrogens is 1. The highest BCUT2D eigenvalue weighted by Crippen LogP contribution is 2.37. The van der Waals surface area contributed by atoms with Crippen molar-refractivity contribution in [1.82, 2.24) is 4.98 Å². The molecule has 1 heterocycles. The topological polar surface area (TPSA) is 52.0 Å². The van der Waals surface area contributed by atoms with E-state index in [9.17, 15) is 0 Å². The van der Waals surface area contributed by atoms with Crippen LogP contribution >= 0.6 is 0 Å². The summed E-state index contributed by atoms with van der Waals surface area (Å²) in [5, 5.41) is 0. The van der Waals surface area contributed by atoms with Gasteiger partial charge in [-0.25, -0.2) is 4.98 Å². The van der Waals surface area contributed by atoms with Crippen LogP contribution in [0.25, 0.3) is 11.1 Å². The van der Waals surface area contributed by atoms with Gasteiger partial charge in [-0.15, -0.1) is 0 Å². The predicted octanol–water partition coefficient (Wildman–Crippen LogP) is 3.50. The first-order valence-electron chi connectivity index (χ1n) is 6.73. The average Bonchev–Trinajstić information content (AvgIpc) is 2.77. The highest BCUT2D eigenvalue weighted by molar-refractivity contribution is 5.73. The summed E-state index contributed by atoms with van der Waals surface area (Å²) in [6.45, 7) is 4.35. The lowest BCUT2D eigenvalue weighted by atomic mass is 9.78. The molecule has 0 aliphatic heterocycles. The quantitative estimate of drug-likeness (QED) is 0.835. The largest absolute Gasteiger partial charge is 0.439 e. The second-order valence-corrected chi connectivity index (χ2v) is 5.83. The van der Waals surface area contributed by atoms with Crippen LogP contribution in [0.15, 0.2) is 22.6 Å². The Hall–Kier alpha value is -1.35. The first-order chi connectivity index (χ1) is 8.57. The Bertz CT molecular complexity index is 565. The van der Waals surface area contributed by atoms with Crippen LogP contribution in [0.3, 0.4) is 0 Å². The van der Waals surface area contributed by atoms with Crippen LogP contribution in [0.5, 0.6) is 0 Å². The summed E-state index contributed by atoms with van der Waals surface area (Å²) in [4.78, 5) is 4.60. The molecular weight excluding hydrogens is 224 g/mol. The van der Waals surface area contributed by atoms with E-state index in [1.54, 1.807) is 0 Å². The second-order valence-electron chi connectivity index (χ2n) is 5.83. The fraction of sp³-hybridized carbons (Fsp3) is 0.533. The van der Waals surface area contributed by atoms with Crippen molar-refractivity contribution < 1.29 is 4.42 Å². The van der Waals surface area contributed by atoms with E-state index in [4.69, 9.17) is 10.2 Å². The van der Waals surface area contributed by atoms with Crippen LogP contribution in [0.1, 0.15) is 44.1 Å². The highest BCUT2D eigenvalue weighted by Gasteiger charge is 2.36. The van der Waals surface area contributed by atoms with E-state index in [0.29, 0.717) is 0 Å². The molecule has 1 saturated carbocycles. The lowest BCUT2D eigenvalue weighted by Crippen LogP contribution is -2.40. The molecule has 1 fully saturated rings. The van der Waals surface area contributed by atoms with Crippen molar-refractivity contribution in [3.63, 3.8) is 0 Å². The smallest absolute Gasteiger partial charge is 0.215 e. The van der Waals surface area contributed by atoms with Crippen molar-refractivity contribution in [3.8, 4) is 0 Å².